The third kappa shape index (κ3) is 3.55. The molecule has 1 amide bonds. The van der Waals surface area contributed by atoms with Gasteiger partial charge in [0.2, 0.25) is 0 Å². The Hall–Kier alpha value is -4.33. The van der Waals surface area contributed by atoms with Crippen molar-refractivity contribution in [3.63, 3.8) is 0 Å². The number of anilines is 1. The number of H-pyrrole nitrogens is 1. The van der Waals surface area contributed by atoms with Crippen LogP contribution in [0.1, 0.15) is 21.7 Å². The standard InChI is InChI=1S/C23H16FN5O2/c24-17-6-2-1-5-14(17)11-20-27-18-9-8-15(12-19(18)28-20)26-22(30)16-13-25-21-7-3-4-10-29(21)23(16)31/h1-10,12-13H,11H2,(H,26,30)(H,27,28). The van der Waals surface area contributed by atoms with Crippen molar-refractivity contribution < 1.29 is 9.18 Å². The molecule has 3 heterocycles. The summed E-state index contributed by atoms with van der Waals surface area (Å²) in [5, 5.41) is 2.72. The fourth-order valence-electron chi connectivity index (χ4n) is 3.43. The molecule has 0 unspecified atom stereocenters. The van der Waals surface area contributed by atoms with Gasteiger partial charge in [-0.15, -0.1) is 0 Å². The largest absolute Gasteiger partial charge is 0.342 e. The van der Waals surface area contributed by atoms with E-state index in [2.05, 4.69) is 20.3 Å². The molecule has 7 nitrogen and oxygen atoms in total. The maximum absolute atomic E-state index is 13.9. The van der Waals surface area contributed by atoms with E-state index in [4.69, 9.17) is 0 Å². The summed E-state index contributed by atoms with van der Waals surface area (Å²) in [6, 6.07) is 16.9. The SMILES string of the molecule is O=C(Nc1ccc2nc(Cc3ccccc3F)[nH]c2c1)c1cnc2ccccn2c1=O. The number of aromatic amines is 1. The minimum atomic E-state index is -0.554. The summed E-state index contributed by atoms with van der Waals surface area (Å²) in [5.74, 6) is -0.229. The van der Waals surface area contributed by atoms with Gasteiger partial charge in [0.15, 0.2) is 0 Å². The molecule has 0 fully saturated rings. The smallest absolute Gasteiger partial charge is 0.270 e. The van der Waals surface area contributed by atoms with E-state index >= 15 is 0 Å². The average molecular weight is 413 g/mol. The maximum Gasteiger partial charge on any atom is 0.270 e. The van der Waals surface area contributed by atoms with Crippen molar-refractivity contribution in [1.82, 2.24) is 19.4 Å². The normalized spacial score (nSPS) is 11.1. The Morgan fingerprint density at radius 1 is 1.10 bits per heavy atom. The first-order valence-corrected chi connectivity index (χ1v) is 9.58. The van der Waals surface area contributed by atoms with Crippen LogP contribution in [0.3, 0.4) is 0 Å². The van der Waals surface area contributed by atoms with Crippen LogP contribution in [0.15, 0.2) is 77.9 Å². The zero-order valence-electron chi connectivity index (χ0n) is 16.2. The third-order valence-corrected chi connectivity index (χ3v) is 4.96. The highest BCUT2D eigenvalue weighted by atomic mass is 19.1. The Kier molecular flexibility index (Phi) is 4.51. The summed E-state index contributed by atoms with van der Waals surface area (Å²) < 4.78 is 15.2. The fourth-order valence-corrected chi connectivity index (χ4v) is 3.43. The number of hydrogen-bond acceptors (Lipinski definition) is 4. The molecule has 3 aromatic heterocycles. The molecule has 2 aromatic carbocycles. The molecule has 8 heteroatoms. The number of carbonyl (C=O) groups is 1. The first kappa shape index (κ1) is 18.7. The van der Waals surface area contributed by atoms with Gasteiger partial charge in [-0.3, -0.25) is 14.0 Å². The minimum Gasteiger partial charge on any atom is -0.342 e. The van der Waals surface area contributed by atoms with Gasteiger partial charge in [0.1, 0.15) is 22.9 Å². The zero-order valence-corrected chi connectivity index (χ0v) is 16.2. The van der Waals surface area contributed by atoms with Crippen molar-refractivity contribution in [2.75, 3.05) is 5.32 Å². The number of benzene rings is 2. The molecule has 0 aliphatic rings. The number of hydrogen-bond donors (Lipinski definition) is 2. The molecule has 0 aliphatic heterocycles. The number of rotatable bonds is 4. The second-order valence-electron chi connectivity index (χ2n) is 7.04. The van der Waals surface area contributed by atoms with Crippen molar-refractivity contribution in [1.29, 1.82) is 0 Å². The summed E-state index contributed by atoms with van der Waals surface area (Å²) in [7, 11) is 0. The topological polar surface area (TPSA) is 92.2 Å². The number of nitrogens with zero attached hydrogens (tertiary/aromatic N) is 3. The van der Waals surface area contributed by atoms with Crippen molar-refractivity contribution in [2.45, 2.75) is 6.42 Å². The molecular weight excluding hydrogens is 397 g/mol. The fraction of sp³-hybridized carbons (Fsp3) is 0.0435. The Labute approximate surface area is 175 Å². The minimum absolute atomic E-state index is 0.0614. The molecule has 152 valence electrons. The first-order chi connectivity index (χ1) is 15.1. The Morgan fingerprint density at radius 2 is 1.94 bits per heavy atom. The summed E-state index contributed by atoms with van der Waals surface area (Å²) in [5.41, 5.74) is 2.38. The summed E-state index contributed by atoms with van der Waals surface area (Å²) in [6.07, 6.45) is 3.16. The molecule has 0 saturated heterocycles. The van der Waals surface area contributed by atoms with Crippen molar-refractivity contribution in [3.8, 4) is 0 Å². The number of pyridine rings is 1. The highest BCUT2D eigenvalue weighted by Gasteiger charge is 2.14. The highest BCUT2D eigenvalue weighted by molar-refractivity contribution is 6.04. The molecule has 31 heavy (non-hydrogen) atoms. The summed E-state index contributed by atoms with van der Waals surface area (Å²) in [4.78, 5) is 37.0. The number of fused-ring (bicyclic) bond motifs is 2. The number of carbonyl (C=O) groups excluding carboxylic acids is 1. The van der Waals surface area contributed by atoms with E-state index < -0.39 is 11.5 Å². The van der Waals surface area contributed by atoms with Gasteiger partial charge in [0, 0.05) is 24.5 Å². The molecule has 0 aliphatic carbocycles. The van der Waals surface area contributed by atoms with Crippen LogP contribution in [-0.4, -0.2) is 25.3 Å². The van der Waals surface area contributed by atoms with Gasteiger partial charge in [-0.25, -0.2) is 14.4 Å². The molecule has 0 radical (unpaired) electrons. The quantitative estimate of drug-likeness (QED) is 0.471. The van der Waals surface area contributed by atoms with Gasteiger partial charge < -0.3 is 10.3 Å². The van der Waals surface area contributed by atoms with Crippen molar-refractivity contribution >= 4 is 28.3 Å². The van der Waals surface area contributed by atoms with Crippen molar-refractivity contribution in [2.24, 2.45) is 0 Å². The molecule has 0 bridgehead atoms. The van der Waals surface area contributed by atoms with Crippen LogP contribution in [0.5, 0.6) is 0 Å². The van der Waals surface area contributed by atoms with Crippen LogP contribution in [0.2, 0.25) is 0 Å². The Morgan fingerprint density at radius 3 is 2.81 bits per heavy atom. The molecular formula is C23H16FN5O2. The predicted molar refractivity (Wildman–Crippen MR) is 115 cm³/mol. The monoisotopic (exact) mass is 413 g/mol. The molecule has 0 atom stereocenters. The number of amides is 1. The highest BCUT2D eigenvalue weighted by Crippen LogP contribution is 2.20. The van der Waals surface area contributed by atoms with Crippen molar-refractivity contribution in [3.05, 3.63) is 106 Å². The number of halogens is 1. The van der Waals surface area contributed by atoms with E-state index in [-0.39, 0.29) is 11.4 Å². The molecule has 0 saturated carbocycles. The number of aromatic nitrogens is 4. The average Bonchev–Trinajstić information content (AvgIpc) is 3.17. The Balaban J connectivity index is 1.41. The molecule has 2 N–H and O–H groups in total. The van der Waals surface area contributed by atoms with Gasteiger partial charge in [-0.05, 0) is 42.0 Å². The van der Waals surface area contributed by atoms with E-state index in [9.17, 15) is 14.0 Å². The lowest BCUT2D eigenvalue weighted by Gasteiger charge is -2.06. The molecule has 0 spiro atoms. The van der Waals surface area contributed by atoms with E-state index in [1.54, 1.807) is 60.8 Å². The van der Waals surface area contributed by atoms with Crippen LogP contribution in [-0.2, 0) is 6.42 Å². The predicted octanol–water partition coefficient (Wildman–Crippen LogP) is 3.55. The number of imidazole rings is 1. The lowest BCUT2D eigenvalue weighted by Crippen LogP contribution is -2.26. The van der Waals surface area contributed by atoms with Gasteiger partial charge in [-0.2, -0.15) is 0 Å². The van der Waals surface area contributed by atoms with E-state index in [1.165, 1.54) is 16.7 Å². The second-order valence-corrected chi connectivity index (χ2v) is 7.04. The van der Waals surface area contributed by atoms with Gasteiger partial charge in [0.05, 0.1) is 11.0 Å². The van der Waals surface area contributed by atoms with Crippen LogP contribution < -0.4 is 10.9 Å². The van der Waals surface area contributed by atoms with E-state index in [1.807, 2.05) is 0 Å². The van der Waals surface area contributed by atoms with Gasteiger partial charge in [-0.1, -0.05) is 24.3 Å². The van der Waals surface area contributed by atoms with Crippen LogP contribution in [0.4, 0.5) is 10.1 Å². The van der Waals surface area contributed by atoms with E-state index in [0.29, 0.717) is 40.2 Å². The van der Waals surface area contributed by atoms with Crippen LogP contribution in [0.25, 0.3) is 16.7 Å². The number of nitrogens with one attached hydrogen (secondary N) is 2. The molecule has 5 aromatic rings. The summed E-state index contributed by atoms with van der Waals surface area (Å²) in [6.45, 7) is 0. The molecule has 5 rings (SSSR count). The maximum atomic E-state index is 13.9. The van der Waals surface area contributed by atoms with Gasteiger partial charge in [0.25, 0.3) is 11.5 Å². The summed E-state index contributed by atoms with van der Waals surface area (Å²) >= 11 is 0. The second kappa shape index (κ2) is 7.49. The zero-order chi connectivity index (χ0) is 21.4. The van der Waals surface area contributed by atoms with Crippen LogP contribution in [0, 0.1) is 5.82 Å². The Bertz CT molecular complexity index is 1510. The van der Waals surface area contributed by atoms with Crippen LogP contribution >= 0.6 is 0 Å². The lowest BCUT2D eigenvalue weighted by molar-refractivity contribution is 0.102. The third-order valence-electron chi connectivity index (χ3n) is 4.96. The first-order valence-electron chi connectivity index (χ1n) is 9.58. The van der Waals surface area contributed by atoms with E-state index in [0.717, 1.165) is 0 Å². The lowest BCUT2D eigenvalue weighted by atomic mass is 10.1. The van der Waals surface area contributed by atoms with Gasteiger partial charge >= 0.3 is 0 Å².